The molecule has 0 aliphatic heterocycles. The molecule has 1 aromatic carbocycles. The standard InChI is InChI=1S/C7H7BrFN.BrH/c1-4-2-5(9)3-6(8)7(4)10;/h2-3H,10H2,1H3;1H. The van der Waals surface area contributed by atoms with Crippen LogP contribution in [-0.2, 0) is 0 Å². The molecule has 1 nitrogen and oxygen atoms in total. The molecule has 0 fully saturated rings. The number of nitrogen functional groups attached to an aromatic ring is 1. The third kappa shape index (κ3) is 2.45. The molecular weight excluding hydrogens is 277 g/mol. The third-order valence-corrected chi connectivity index (χ3v) is 1.96. The SMILES string of the molecule is Br.Cc1cc(F)cc(Br)c1N. The van der Waals surface area contributed by atoms with E-state index in [4.69, 9.17) is 5.73 Å². The van der Waals surface area contributed by atoms with Crippen LogP contribution >= 0.6 is 32.9 Å². The molecule has 0 saturated carbocycles. The van der Waals surface area contributed by atoms with Crippen molar-refractivity contribution in [3.8, 4) is 0 Å². The Labute approximate surface area is 83.7 Å². The van der Waals surface area contributed by atoms with E-state index in [-0.39, 0.29) is 22.8 Å². The number of rotatable bonds is 0. The van der Waals surface area contributed by atoms with Gasteiger partial charge in [0.2, 0.25) is 0 Å². The molecule has 1 rings (SSSR count). The van der Waals surface area contributed by atoms with Gasteiger partial charge in [-0.15, -0.1) is 17.0 Å². The molecule has 4 heteroatoms. The average molecular weight is 285 g/mol. The molecule has 0 aromatic heterocycles. The van der Waals surface area contributed by atoms with Gasteiger partial charge in [0.05, 0.1) is 0 Å². The summed E-state index contributed by atoms with van der Waals surface area (Å²) in [7, 11) is 0. The van der Waals surface area contributed by atoms with Gasteiger partial charge in [-0.05, 0) is 40.5 Å². The van der Waals surface area contributed by atoms with Crippen molar-refractivity contribution in [2.24, 2.45) is 0 Å². The fourth-order valence-electron chi connectivity index (χ4n) is 0.713. The number of nitrogens with two attached hydrogens (primary N) is 1. The number of anilines is 1. The monoisotopic (exact) mass is 283 g/mol. The third-order valence-electron chi connectivity index (χ3n) is 1.30. The molecule has 2 N–H and O–H groups in total. The molecule has 0 atom stereocenters. The lowest BCUT2D eigenvalue weighted by molar-refractivity contribution is 0.626. The first-order valence-corrected chi connectivity index (χ1v) is 3.61. The van der Waals surface area contributed by atoms with Gasteiger partial charge < -0.3 is 5.73 Å². The zero-order chi connectivity index (χ0) is 7.72. The van der Waals surface area contributed by atoms with Crippen molar-refractivity contribution in [1.29, 1.82) is 0 Å². The lowest BCUT2D eigenvalue weighted by Gasteiger charge is -2.01. The van der Waals surface area contributed by atoms with Crippen LogP contribution in [0.3, 0.4) is 0 Å². The Kier molecular flexibility index (Phi) is 4.03. The fraction of sp³-hybridized carbons (Fsp3) is 0.143. The van der Waals surface area contributed by atoms with Crippen molar-refractivity contribution in [3.05, 3.63) is 28.0 Å². The Bertz CT molecular complexity index is 240. The highest BCUT2D eigenvalue weighted by molar-refractivity contribution is 9.10. The minimum Gasteiger partial charge on any atom is -0.398 e. The van der Waals surface area contributed by atoms with E-state index in [1.54, 1.807) is 6.92 Å². The maximum absolute atomic E-state index is 12.5. The molecule has 0 aliphatic carbocycles. The Morgan fingerprint density at radius 1 is 1.45 bits per heavy atom. The molecule has 0 heterocycles. The van der Waals surface area contributed by atoms with Crippen LogP contribution in [0.1, 0.15) is 5.56 Å². The van der Waals surface area contributed by atoms with Crippen molar-refractivity contribution in [1.82, 2.24) is 0 Å². The minimum atomic E-state index is -0.265. The van der Waals surface area contributed by atoms with Gasteiger partial charge in [-0.2, -0.15) is 0 Å². The summed E-state index contributed by atoms with van der Waals surface area (Å²) >= 11 is 3.13. The van der Waals surface area contributed by atoms with Gasteiger partial charge >= 0.3 is 0 Å². The van der Waals surface area contributed by atoms with Crippen molar-refractivity contribution >= 4 is 38.6 Å². The molecule has 0 bridgehead atoms. The van der Waals surface area contributed by atoms with Gasteiger partial charge in [0, 0.05) is 10.2 Å². The largest absolute Gasteiger partial charge is 0.398 e. The van der Waals surface area contributed by atoms with E-state index in [1.807, 2.05) is 0 Å². The number of aryl methyl sites for hydroxylation is 1. The van der Waals surface area contributed by atoms with Crippen molar-refractivity contribution in [2.45, 2.75) is 6.92 Å². The number of hydrogen-bond acceptors (Lipinski definition) is 1. The van der Waals surface area contributed by atoms with E-state index in [2.05, 4.69) is 15.9 Å². The number of benzene rings is 1. The second kappa shape index (κ2) is 4.07. The Balaban J connectivity index is 0.000001000. The Morgan fingerprint density at radius 3 is 2.45 bits per heavy atom. The summed E-state index contributed by atoms with van der Waals surface area (Å²) in [6, 6.07) is 2.75. The Hall–Kier alpha value is -0.0900. The molecule has 11 heavy (non-hydrogen) atoms. The van der Waals surface area contributed by atoms with Crippen LogP contribution in [-0.4, -0.2) is 0 Å². The Morgan fingerprint density at radius 2 is 2.00 bits per heavy atom. The predicted octanol–water partition coefficient (Wildman–Crippen LogP) is 3.06. The van der Waals surface area contributed by atoms with Gasteiger partial charge in [-0.3, -0.25) is 0 Å². The molecule has 0 spiro atoms. The molecule has 0 radical (unpaired) electrons. The zero-order valence-corrected chi connectivity index (χ0v) is 9.20. The first-order chi connectivity index (χ1) is 4.61. The molecule has 0 unspecified atom stereocenters. The van der Waals surface area contributed by atoms with Gasteiger partial charge in [-0.25, -0.2) is 4.39 Å². The maximum atomic E-state index is 12.5. The van der Waals surface area contributed by atoms with Crippen LogP contribution in [0.5, 0.6) is 0 Å². The van der Waals surface area contributed by atoms with Gasteiger partial charge in [-0.1, -0.05) is 0 Å². The van der Waals surface area contributed by atoms with Crippen molar-refractivity contribution in [3.63, 3.8) is 0 Å². The normalized spacial score (nSPS) is 9.00. The van der Waals surface area contributed by atoms with Gasteiger partial charge in [0.15, 0.2) is 0 Å². The highest BCUT2D eigenvalue weighted by Gasteiger charge is 2.00. The zero-order valence-electron chi connectivity index (χ0n) is 5.90. The first kappa shape index (κ1) is 10.9. The minimum absolute atomic E-state index is 0. The highest BCUT2D eigenvalue weighted by Crippen LogP contribution is 2.23. The summed E-state index contributed by atoms with van der Waals surface area (Å²) in [6.07, 6.45) is 0. The molecule has 1 aromatic rings. The average Bonchev–Trinajstić information content (AvgIpc) is 1.82. The molecule has 62 valence electrons. The van der Waals surface area contributed by atoms with Gasteiger partial charge in [0.1, 0.15) is 5.82 Å². The second-order valence-electron chi connectivity index (χ2n) is 2.12. The van der Waals surface area contributed by atoms with E-state index < -0.39 is 0 Å². The fourth-order valence-corrected chi connectivity index (χ4v) is 1.24. The highest BCUT2D eigenvalue weighted by atomic mass is 79.9. The summed E-state index contributed by atoms with van der Waals surface area (Å²) in [5, 5.41) is 0. The van der Waals surface area contributed by atoms with E-state index in [1.165, 1.54) is 12.1 Å². The molecular formula is C7H8Br2FN. The summed E-state index contributed by atoms with van der Waals surface area (Å²) in [4.78, 5) is 0. The molecule has 0 amide bonds. The van der Waals surface area contributed by atoms with Crippen molar-refractivity contribution < 1.29 is 4.39 Å². The van der Waals surface area contributed by atoms with Crippen LogP contribution in [0.2, 0.25) is 0 Å². The van der Waals surface area contributed by atoms with Crippen LogP contribution < -0.4 is 5.73 Å². The summed E-state index contributed by atoms with van der Waals surface area (Å²) in [5.41, 5.74) is 6.89. The second-order valence-corrected chi connectivity index (χ2v) is 2.97. The summed E-state index contributed by atoms with van der Waals surface area (Å²) in [6.45, 7) is 1.77. The van der Waals surface area contributed by atoms with Crippen LogP contribution in [0.25, 0.3) is 0 Å². The van der Waals surface area contributed by atoms with E-state index >= 15 is 0 Å². The first-order valence-electron chi connectivity index (χ1n) is 2.82. The van der Waals surface area contributed by atoms with Crippen LogP contribution in [0, 0.1) is 12.7 Å². The van der Waals surface area contributed by atoms with Crippen LogP contribution in [0.15, 0.2) is 16.6 Å². The van der Waals surface area contributed by atoms with E-state index in [9.17, 15) is 4.39 Å². The number of hydrogen-bond donors (Lipinski definition) is 1. The molecule has 0 saturated heterocycles. The lowest BCUT2D eigenvalue weighted by Crippen LogP contribution is -1.91. The molecule has 0 aliphatic rings. The maximum Gasteiger partial charge on any atom is 0.124 e. The smallest absolute Gasteiger partial charge is 0.124 e. The predicted molar refractivity (Wildman–Crippen MR) is 53.6 cm³/mol. The topological polar surface area (TPSA) is 26.0 Å². The summed E-state index contributed by atoms with van der Waals surface area (Å²) < 4.78 is 13.1. The summed E-state index contributed by atoms with van der Waals surface area (Å²) in [5.74, 6) is -0.265. The van der Waals surface area contributed by atoms with E-state index in [0.717, 1.165) is 5.56 Å². The lowest BCUT2D eigenvalue weighted by atomic mass is 10.2. The number of halogens is 3. The van der Waals surface area contributed by atoms with Gasteiger partial charge in [0.25, 0.3) is 0 Å². The van der Waals surface area contributed by atoms with Crippen molar-refractivity contribution in [2.75, 3.05) is 5.73 Å². The van der Waals surface area contributed by atoms with Crippen LogP contribution in [0.4, 0.5) is 10.1 Å². The van der Waals surface area contributed by atoms with E-state index in [0.29, 0.717) is 10.2 Å². The quantitative estimate of drug-likeness (QED) is 0.728.